The van der Waals surface area contributed by atoms with Crippen molar-refractivity contribution < 1.29 is 28.7 Å². The fourth-order valence-electron chi connectivity index (χ4n) is 7.01. The molecule has 0 saturated carbocycles. The van der Waals surface area contributed by atoms with Gasteiger partial charge in [-0.1, -0.05) is 71.4 Å². The Morgan fingerprint density at radius 3 is 2.19 bits per heavy atom. The Kier molecular flexibility index (Phi) is 16.2. The molecule has 0 bridgehead atoms. The van der Waals surface area contributed by atoms with Crippen molar-refractivity contribution in [2.24, 2.45) is 29.4 Å². The molecule has 0 aliphatic carbocycles. The van der Waals surface area contributed by atoms with Crippen LogP contribution in [0.1, 0.15) is 99.0 Å². The van der Waals surface area contributed by atoms with Crippen LogP contribution in [-0.4, -0.2) is 90.8 Å². The number of ether oxygens (including phenoxy) is 2. The Labute approximate surface area is 284 Å². The molecule has 2 amide bonds. The first-order chi connectivity index (χ1) is 22.1. The van der Waals surface area contributed by atoms with Gasteiger partial charge in [-0.15, -0.1) is 0 Å². The van der Waals surface area contributed by atoms with Crippen LogP contribution in [0.5, 0.6) is 0 Å². The second kappa shape index (κ2) is 18.8. The molecular weight excluding hydrogens is 594 g/mol. The van der Waals surface area contributed by atoms with Crippen molar-refractivity contribution in [1.29, 1.82) is 0 Å². The number of rotatable bonds is 20. The van der Waals surface area contributed by atoms with Gasteiger partial charge in [0.05, 0.1) is 36.3 Å². The summed E-state index contributed by atoms with van der Waals surface area (Å²) in [5, 5.41) is 0. The van der Waals surface area contributed by atoms with Crippen LogP contribution in [0, 0.1) is 23.7 Å². The first-order valence-corrected chi connectivity index (χ1v) is 17.6. The highest BCUT2D eigenvalue weighted by molar-refractivity contribution is 5.92. The lowest BCUT2D eigenvalue weighted by molar-refractivity contribution is -0.149. The summed E-state index contributed by atoms with van der Waals surface area (Å²) < 4.78 is 11.9. The molecule has 2 N–H and O–H groups in total. The van der Waals surface area contributed by atoms with E-state index >= 15 is 0 Å². The number of carbonyl (C=O) groups is 4. The molecule has 1 aromatic carbocycles. The minimum Gasteiger partial charge on any atom is -0.379 e. The molecule has 0 aromatic heterocycles. The average molecular weight is 658 g/mol. The van der Waals surface area contributed by atoms with Gasteiger partial charge in [0.2, 0.25) is 11.8 Å². The minimum absolute atomic E-state index is 0.0331. The number of hydrogen-bond acceptors (Lipinski definition) is 7. The van der Waals surface area contributed by atoms with Crippen LogP contribution in [-0.2, 0) is 35.1 Å². The molecule has 7 atom stereocenters. The quantitative estimate of drug-likeness (QED) is 0.198. The van der Waals surface area contributed by atoms with E-state index in [0.717, 1.165) is 32.1 Å². The summed E-state index contributed by atoms with van der Waals surface area (Å²) in [6.07, 6.45) is 3.64. The van der Waals surface area contributed by atoms with Crippen LogP contribution in [0.15, 0.2) is 30.3 Å². The van der Waals surface area contributed by atoms with Gasteiger partial charge in [0, 0.05) is 52.5 Å². The summed E-state index contributed by atoms with van der Waals surface area (Å²) in [6.45, 7) is 13.8. The summed E-state index contributed by atoms with van der Waals surface area (Å²) in [5.74, 6) is -1.15. The number of carbonyl (C=O) groups excluding carboxylic acids is 4. The topological polar surface area (TPSA) is 119 Å². The molecule has 7 unspecified atom stereocenters. The molecule has 1 saturated heterocycles. The van der Waals surface area contributed by atoms with Crippen LogP contribution >= 0.6 is 0 Å². The maximum atomic E-state index is 14.0. The maximum Gasteiger partial charge on any atom is 0.226 e. The largest absolute Gasteiger partial charge is 0.379 e. The number of amides is 2. The fraction of sp³-hybridized carbons (Fsp3) is 0.737. The summed E-state index contributed by atoms with van der Waals surface area (Å²) in [6, 6.07) is 9.57. The molecule has 266 valence electrons. The number of likely N-dealkylation sites (N-methyl/N-ethyl adjacent to an activating group) is 1. The fourth-order valence-corrected chi connectivity index (χ4v) is 7.01. The standard InChI is InChI=1S/C38H63N3O6/c1-11-26(4)35(40(8)37(45)29(25(2)3)23-33(43)38(6,7)39)32(46-9)24-34(44)41-22-16-20-30(41)36(47-10)27(5)31(42)21-15-19-28-17-13-12-14-18-28/h12-14,17-18,25-27,29-30,32,35-36H,11,15-16,19-24,39H2,1-10H3. The maximum absolute atomic E-state index is 14.0. The van der Waals surface area contributed by atoms with Crippen LogP contribution in [0.2, 0.25) is 0 Å². The summed E-state index contributed by atoms with van der Waals surface area (Å²) in [5.41, 5.74) is 6.26. The highest BCUT2D eigenvalue weighted by Gasteiger charge is 2.43. The molecule has 0 spiro atoms. The predicted molar refractivity (Wildman–Crippen MR) is 187 cm³/mol. The third-order valence-corrected chi connectivity index (χ3v) is 10.3. The van der Waals surface area contributed by atoms with Gasteiger partial charge in [-0.05, 0) is 56.9 Å². The van der Waals surface area contributed by atoms with Gasteiger partial charge >= 0.3 is 0 Å². The van der Waals surface area contributed by atoms with Crippen molar-refractivity contribution in [3.63, 3.8) is 0 Å². The van der Waals surface area contributed by atoms with Crippen molar-refractivity contribution in [3.05, 3.63) is 35.9 Å². The number of benzene rings is 1. The van der Waals surface area contributed by atoms with Gasteiger partial charge < -0.3 is 25.0 Å². The van der Waals surface area contributed by atoms with Crippen LogP contribution in [0.25, 0.3) is 0 Å². The van der Waals surface area contributed by atoms with E-state index in [-0.39, 0.29) is 66.1 Å². The van der Waals surface area contributed by atoms with E-state index in [2.05, 4.69) is 26.0 Å². The number of nitrogens with zero attached hydrogens (tertiary/aromatic N) is 2. The van der Waals surface area contributed by atoms with Gasteiger partial charge in [-0.2, -0.15) is 0 Å². The zero-order chi connectivity index (χ0) is 35.5. The van der Waals surface area contributed by atoms with Crippen LogP contribution < -0.4 is 5.73 Å². The molecular formula is C38H63N3O6. The summed E-state index contributed by atoms with van der Waals surface area (Å²) in [4.78, 5) is 57.7. The van der Waals surface area contributed by atoms with Gasteiger partial charge in [0.15, 0.2) is 5.78 Å². The highest BCUT2D eigenvalue weighted by atomic mass is 16.5. The molecule has 9 nitrogen and oxygen atoms in total. The van der Waals surface area contributed by atoms with Crippen LogP contribution in [0.4, 0.5) is 0 Å². The van der Waals surface area contributed by atoms with Crippen molar-refractivity contribution in [2.45, 2.75) is 130 Å². The second-order valence-electron chi connectivity index (χ2n) is 14.6. The van der Waals surface area contributed by atoms with E-state index in [1.54, 1.807) is 40.0 Å². The van der Waals surface area contributed by atoms with E-state index in [9.17, 15) is 19.2 Å². The SMILES string of the molecule is CCC(C)C(C(CC(=O)N1CCCC1C(OC)C(C)C(=O)CCCc1ccccc1)OC)N(C)C(=O)C(CC(=O)C(C)(C)N)C(C)C. The van der Waals surface area contributed by atoms with Gasteiger partial charge in [0.25, 0.3) is 0 Å². The van der Waals surface area contributed by atoms with Gasteiger partial charge in [-0.3, -0.25) is 19.2 Å². The third-order valence-electron chi connectivity index (χ3n) is 10.3. The lowest BCUT2D eigenvalue weighted by Gasteiger charge is -2.41. The Balaban J connectivity index is 2.19. The van der Waals surface area contributed by atoms with E-state index in [0.29, 0.717) is 13.0 Å². The number of nitrogens with two attached hydrogens (primary N) is 1. The van der Waals surface area contributed by atoms with Crippen molar-refractivity contribution >= 4 is 23.4 Å². The molecule has 1 fully saturated rings. The number of methoxy groups -OCH3 is 2. The Morgan fingerprint density at radius 2 is 1.66 bits per heavy atom. The zero-order valence-corrected chi connectivity index (χ0v) is 30.8. The van der Waals surface area contributed by atoms with Crippen LogP contribution in [0.3, 0.4) is 0 Å². The lowest BCUT2D eigenvalue weighted by Crippen LogP contribution is -2.54. The molecule has 0 radical (unpaired) electrons. The van der Waals surface area contributed by atoms with E-state index < -0.39 is 23.7 Å². The summed E-state index contributed by atoms with van der Waals surface area (Å²) >= 11 is 0. The van der Waals surface area contributed by atoms with Crippen molar-refractivity contribution in [3.8, 4) is 0 Å². The van der Waals surface area contributed by atoms with Crippen molar-refractivity contribution in [1.82, 2.24) is 9.80 Å². The van der Waals surface area contributed by atoms with Gasteiger partial charge in [-0.25, -0.2) is 0 Å². The number of ketones is 2. The normalized spacial score (nSPS) is 19.1. The molecule has 47 heavy (non-hydrogen) atoms. The number of Topliss-reactive ketones (excluding diaryl/α,β-unsaturated/α-hetero) is 2. The first kappa shape index (κ1) is 40.6. The summed E-state index contributed by atoms with van der Waals surface area (Å²) in [7, 11) is 4.97. The lowest BCUT2D eigenvalue weighted by atomic mass is 9.83. The van der Waals surface area contributed by atoms with E-state index in [4.69, 9.17) is 15.2 Å². The van der Waals surface area contributed by atoms with Crippen molar-refractivity contribution in [2.75, 3.05) is 27.8 Å². The minimum atomic E-state index is -1.03. The smallest absolute Gasteiger partial charge is 0.226 e. The Bertz CT molecular complexity index is 1150. The molecule has 1 aromatic rings. The molecule has 9 heteroatoms. The number of aryl methyl sites for hydroxylation is 1. The molecule has 1 aliphatic heterocycles. The average Bonchev–Trinajstić information content (AvgIpc) is 3.52. The second-order valence-corrected chi connectivity index (χ2v) is 14.6. The Morgan fingerprint density at radius 1 is 1.02 bits per heavy atom. The Hall–Kier alpha value is -2.62. The third kappa shape index (κ3) is 11.2. The van der Waals surface area contributed by atoms with E-state index in [1.165, 1.54) is 5.56 Å². The highest BCUT2D eigenvalue weighted by Crippen LogP contribution is 2.31. The first-order valence-electron chi connectivity index (χ1n) is 17.6. The molecule has 1 heterocycles. The van der Waals surface area contributed by atoms with E-state index in [1.807, 2.05) is 43.9 Å². The molecule has 1 aliphatic rings. The predicted octanol–water partition coefficient (Wildman–Crippen LogP) is 5.47. The van der Waals surface area contributed by atoms with Gasteiger partial charge in [0.1, 0.15) is 5.78 Å². The monoisotopic (exact) mass is 657 g/mol. The molecule has 2 rings (SSSR count). The number of likely N-dealkylation sites (tertiary alicyclic amines) is 1. The zero-order valence-electron chi connectivity index (χ0n) is 30.8. The number of hydrogen-bond donors (Lipinski definition) is 1.